The van der Waals surface area contributed by atoms with E-state index in [0.717, 1.165) is 41.9 Å². The van der Waals surface area contributed by atoms with Crippen molar-refractivity contribution in [2.45, 2.75) is 25.8 Å². The molecule has 0 spiro atoms. The van der Waals surface area contributed by atoms with E-state index in [4.69, 9.17) is 9.47 Å². The molecule has 0 saturated carbocycles. The number of carbonyl (C=O) groups excluding carboxylic acids is 2. The number of fused-ring (bicyclic) bond motifs is 1. The summed E-state index contributed by atoms with van der Waals surface area (Å²) in [6.07, 6.45) is 3.71. The van der Waals surface area contributed by atoms with Crippen LogP contribution in [0.3, 0.4) is 0 Å². The van der Waals surface area contributed by atoms with Gasteiger partial charge in [0.1, 0.15) is 0 Å². The van der Waals surface area contributed by atoms with Crippen molar-refractivity contribution in [2.75, 3.05) is 51.0 Å². The lowest BCUT2D eigenvalue weighted by molar-refractivity contribution is 0.0966. The quantitative estimate of drug-likeness (QED) is 0.338. The van der Waals surface area contributed by atoms with Crippen molar-refractivity contribution in [3.05, 3.63) is 71.3 Å². The van der Waals surface area contributed by atoms with Gasteiger partial charge in [0, 0.05) is 29.9 Å². The van der Waals surface area contributed by atoms with Gasteiger partial charge in [-0.15, -0.1) is 0 Å². The van der Waals surface area contributed by atoms with E-state index in [1.807, 2.05) is 36.4 Å². The van der Waals surface area contributed by atoms with Crippen LogP contribution in [0.1, 0.15) is 45.5 Å². The van der Waals surface area contributed by atoms with Gasteiger partial charge in [0.25, 0.3) is 11.8 Å². The second kappa shape index (κ2) is 11.6. The third kappa shape index (κ3) is 5.31. The Morgan fingerprint density at radius 1 is 0.974 bits per heavy atom. The van der Waals surface area contributed by atoms with Crippen molar-refractivity contribution < 1.29 is 19.1 Å². The normalized spacial score (nSPS) is 14.6. The standard InChI is InChI=1S/C30H34N4O4/c1-37-26-8-5-7-23(28(26)38-2)22-13-14-25(27-24(22)19-32-30(27)36)33-29(35)20-9-11-21(12-10-20)31-15-6-18-34-16-3-4-17-34/h5,7-14,31H,3-4,6,15-19H2,1-2H3,(H,32,36)(H,33,35). The number of likely N-dealkylation sites (tertiary alicyclic amines) is 1. The van der Waals surface area contributed by atoms with Gasteiger partial charge in [-0.1, -0.05) is 18.2 Å². The maximum Gasteiger partial charge on any atom is 0.255 e. The highest BCUT2D eigenvalue weighted by Crippen LogP contribution is 2.42. The van der Waals surface area contributed by atoms with Crippen LogP contribution in [0.15, 0.2) is 54.6 Å². The van der Waals surface area contributed by atoms with E-state index in [1.165, 1.54) is 25.9 Å². The van der Waals surface area contributed by atoms with Crippen LogP contribution in [-0.4, -0.2) is 57.1 Å². The molecule has 198 valence electrons. The average Bonchev–Trinajstić information content (AvgIpc) is 3.61. The zero-order chi connectivity index (χ0) is 26.5. The molecule has 5 rings (SSSR count). The van der Waals surface area contributed by atoms with Crippen LogP contribution in [0.25, 0.3) is 11.1 Å². The van der Waals surface area contributed by atoms with Crippen molar-refractivity contribution in [1.82, 2.24) is 10.2 Å². The third-order valence-electron chi connectivity index (χ3n) is 7.23. The first-order valence-electron chi connectivity index (χ1n) is 13.1. The van der Waals surface area contributed by atoms with Crippen molar-refractivity contribution in [3.8, 4) is 22.6 Å². The third-order valence-corrected chi connectivity index (χ3v) is 7.23. The summed E-state index contributed by atoms with van der Waals surface area (Å²) in [7, 11) is 3.18. The molecule has 2 aliphatic rings. The van der Waals surface area contributed by atoms with Gasteiger partial charge in [-0.05, 0) is 86.4 Å². The Morgan fingerprint density at radius 2 is 1.76 bits per heavy atom. The first-order valence-corrected chi connectivity index (χ1v) is 13.1. The number of hydrogen-bond donors (Lipinski definition) is 3. The molecule has 8 heteroatoms. The smallest absolute Gasteiger partial charge is 0.255 e. The molecule has 0 atom stereocenters. The Hall–Kier alpha value is -4.04. The number of carbonyl (C=O) groups is 2. The maximum atomic E-state index is 13.1. The number of benzene rings is 3. The molecule has 3 aromatic carbocycles. The Balaban J connectivity index is 1.29. The minimum absolute atomic E-state index is 0.215. The maximum absolute atomic E-state index is 13.1. The van der Waals surface area contributed by atoms with Crippen LogP contribution in [0.2, 0.25) is 0 Å². The van der Waals surface area contributed by atoms with Crippen molar-refractivity contribution in [1.29, 1.82) is 0 Å². The summed E-state index contributed by atoms with van der Waals surface area (Å²) in [5.41, 5.74) is 4.95. The van der Waals surface area contributed by atoms with E-state index in [1.54, 1.807) is 32.4 Å². The first kappa shape index (κ1) is 25.6. The molecule has 1 fully saturated rings. The first-order chi connectivity index (χ1) is 18.6. The summed E-state index contributed by atoms with van der Waals surface area (Å²) in [5, 5.41) is 9.26. The van der Waals surface area contributed by atoms with Crippen LogP contribution in [0, 0.1) is 0 Å². The van der Waals surface area contributed by atoms with Gasteiger partial charge in [-0.2, -0.15) is 0 Å². The summed E-state index contributed by atoms with van der Waals surface area (Å²) in [6.45, 7) is 4.81. The fraction of sp³-hybridized carbons (Fsp3) is 0.333. The van der Waals surface area contributed by atoms with Crippen LogP contribution in [0.4, 0.5) is 11.4 Å². The lowest BCUT2D eigenvalue weighted by Crippen LogP contribution is -2.22. The summed E-state index contributed by atoms with van der Waals surface area (Å²) in [5.74, 6) is 0.725. The molecule has 0 aromatic heterocycles. The van der Waals surface area contributed by atoms with Crippen molar-refractivity contribution in [2.24, 2.45) is 0 Å². The molecule has 3 aromatic rings. The predicted molar refractivity (Wildman–Crippen MR) is 149 cm³/mol. The SMILES string of the molecule is COc1cccc(-c2ccc(NC(=O)c3ccc(NCCCN4CCCC4)cc3)c3c2CNC3=O)c1OC. The summed E-state index contributed by atoms with van der Waals surface area (Å²) >= 11 is 0. The number of amides is 2. The van der Waals surface area contributed by atoms with Gasteiger partial charge in [0.05, 0.1) is 25.5 Å². The molecule has 2 amide bonds. The largest absolute Gasteiger partial charge is 0.493 e. The minimum atomic E-state index is -0.265. The minimum Gasteiger partial charge on any atom is -0.493 e. The molecule has 1 saturated heterocycles. The number of para-hydroxylation sites is 1. The highest BCUT2D eigenvalue weighted by Gasteiger charge is 2.28. The molecule has 0 aliphatic carbocycles. The molecule has 0 bridgehead atoms. The van der Waals surface area contributed by atoms with Crippen LogP contribution >= 0.6 is 0 Å². The second-order valence-corrected chi connectivity index (χ2v) is 9.60. The van der Waals surface area contributed by atoms with Crippen LogP contribution < -0.4 is 25.4 Å². The Labute approximate surface area is 223 Å². The fourth-order valence-corrected chi connectivity index (χ4v) is 5.28. The number of nitrogens with one attached hydrogen (secondary N) is 3. The van der Waals surface area contributed by atoms with Gasteiger partial charge in [-0.25, -0.2) is 0 Å². The van der Waals surface area contributed by atoms with Crippen molar-refractivity contribution >= 4 is 23.2 Å². The fourth-order valence-electron chi connectivity index (χ4n) is 5.28. The van der Waals surface area contributed by atoms with E-state index in [-0.39, 0.29) is 11.8 Å². The van der Waals surface area contributed by atoms with Gasteiger partial charge in [-0.3, -0.25) is 9.59 Å². The molecule has 3 N–H and O–H groups in total. The topological polar surface area (TPSA) is 91.9 Å². The van der Waals surface area contributed by atoms with E-state index in [0.29, 0.717) is 34.9 Å². The average molecular weight is 515 g/mol. The van der Waals surface area contributed by atoms with E-state index in [2.05, 4.69) is 20.9 Å². The zero-order valence-corrected chi connectivity index (χ0v) is 21.9. The number of methoxy groups -OCH3 is 2. The Bertz CT molecular complexity index is 1320. The number of nitrogens with zero attached hydrogens (tertiary/aromatic N) is 1. The van der Waals surface area contributed by atoms with Crippen LogP contribution in [-0.2, 0) is 6.54 Å². The Morgan fingerprint density at radius 3 is 2.50 bits per heavy atom. The van der Waals surface area contributed by atoms with E-state index < -0.39 is 0 Å². The number of ether oxygens (including phenoxy) is 2. The summed E-state index contributed by atoms with van der Waals surface area (Å²) < 4.78 is 11.1. The number of rotatable bonds is 10. The predicted octanol–water partition coefficient (Wildman–Crippen LogP) is 4.76. The lowest BCUT2D eigenvalue weighted by Gasteiger charge is -2.16. The molecule has 2 heterocycles. The zero-order valence-electron chi connectivity index (χ0n) is 21.9. The monoisotopic (exact) mass is 514 g/mol. The second-order valence-electron chi connectivity index (χ2n) is 9.60. The summed E-state index contributed by atoms with van der Waals surface area (Å²) in [4.78, 5) is 28.4. The van der Waals surface area contributed by atoms with Crippen LogP contribution in [0.5, 0.6) is 11.5 Å². The van der Waals surface area contributed by atoms with E-state index in [9.17, 15) is 9.59 Å². The molecule has 0 radical (unpaired) electrons. The van der Waals surface area contributed by atoms with E-state index >= 15 is 0 Å². The number of anilines is 2. The molecule has 2 aliphatic heterocycles. The molecule has 0 unspecified atom stereocenters. The van der Waals surface area contributed by atoms with Crippen molar-refractivity contribution in [3.63, 3.8) is 0 Å². The van der Waals surface area contributed by atoms with Gasteiger partial charge >= 0.3 is 0 Å². The highest BCUT2D eigenvalue weighted by molar-refractivity contribution is 6.11. The van der Waals surface area contributed by atoms with Gasteiger partial charge in [0.2, 0.25) is 0 Å². The molecular weight excluding hydrogens is 480 g/mol. The van der Waals surface area contributed by atoms with Gasteiger partial charge < -0.3 is 30.3 Å². The highest BCUT2D eigenvalue weighted by atomic mass is 16.5. The molecule has 8 nitrogen and oxygen atoms in total. The lowest BCUT2D eigenvalue weighted by atomic mass is 9.94. The summed E-state index contributed by atoms with van der Waals surface area (Å²) in [6, 6.07) is 16.8. The number of hydrogen-bond acceptors (Lipinski definition) is 6. The molecular formula is C30H34N4O4. The van der Waals surface area contributed by atoms with Gasteiger partial charge in [0.15, 0.2) is 11.5 Å². The Kier molecular flexibility index (Phi) is 7.79. The molecule has 38 heavy (non-hydrogen) atoms.